The molecule has 0 unspecified atom stereocenters. The van der Waals surface area contributed by atoms with E-state index in [9.17, 15) is 8.42 Å². The largest absolute Gasteiger partial charge is 0.356 e. The first-order valence-electron chi connectivity index (χ1n) is 9.55. The third kappa shape index (κ3) is 8.43. The number of nitrogens with zero attached hydrogens (tertiary/aromatic N) is 1. The molecule has 0 amide bonds. The van der Waals surface area contributed by atoms with Crippen LogP contribution in [-0.2, 0) is 28.7 Å². The molecule has 0 bridgehead atoms. The minimum absolute atomic E-state index is 0.0237. The summed E-state index contributed by atoms with van der Waals surface area (Å²) in [4.78, 5) is 4.22. The van der Waals surface area contributed by atoms with Crippen LogP contribution in [0.2, 0.25) is 5.02 Å². The second-order valence-corrected chi connectivity index (χ2v) is 9.20. The van der Waals surface area contributed by atoms with Gasteiger partial charge < -0.3 is 10.6 Å². The highest BCUT2D eigenvalue weighted by Gasteiger charge is 2.12. The fourth-order valence-electron chi connectivity index (χ4n) is 2.80. The quantitative estimate of drug-likeness (QED) is 0.416. The lowest BCUT2D eigenvalue weighted by molar-refractivity contribution is 0.569. The van der Waals surface area contributed by atoms with Crippen LogP contribution in [0.3, 0.4) is 0 Å². The predicted molar refractivity (Wildman–Crippen MR) is 121 cm³/mol. The lowest BCUT2D eigenvalue weighted by atomic mass is 10.1. The maximum absolute atomic E-state index is 12.0. The van der Waals surface area contributed by atoms with Crippen LogP contribution in [0, 0.1) is 0 Å². The topological polar surface area (TPSA) is 82.6 Å². The standard InChI is InChI=1S/C21H29ClN4O2S/c1-16(2)26-29(27,28)15-18-10-8-17(9-11-18)14-25-21(23-3)24-13-12-19-6-4-5-7-20(19)22/h4-11,16,26H,12-15H2,1-3H3,(H2,23,24,25). The van der Waals surface area contributed by atoms with Gasteiger partial charge in [-0.1, -0.05) is 54.1 Å². The molecule has 2 aromatic carbocycles. The molecule has 0 saturated carbocycles. The minimum Gasteiger partial charge on any atom is -0.356 e. The molecule has 2 rings (SSSR count). The second kappa shape index (κ2) is 11.2. The molecule has 0 aliphatic carbocycles. The van der Waals surface area contributed by atoms with Gasteiger partial charge in [-0.15, -0.1) is 0 Å². The first-order valence-corrected chi connectivity index (χ1v) is 11.6. The Morgan fingerprint density at radius 1 is 1.03 bits per heavy atom. The number of guanidine groups is 1. The summed E-state index contributed by atoms with van der Waals surface area (Å²) in [6.07, 6.45) is 0.800. The number of hydrogen-bond acceptors (Lipinski definition) is 3. The molecule has 0 saturated heterocycles. The zero-order valence-corrected chi connectivity index (χ0v) is 18.6. The SMILES string of the molecule is CN=C(NCCc1ccccc1Cl)NCc1ccc(CS(=O)(=O)NC(C)C)cc1. The van der Waals surface area contributed by atoms with Gasteiger partial charge >= 0.3 is 0 Å². The van der Waals surface area contributed by atoms with E-state index in [4.69, 9.17) is 11.6 Å². The van der Waals surface area contributed by atoms with Crippen molar-refractivity contribution in [3.63, 3.8) is 0 Å². The number of aliphatic imine (C=N–C) groups is 1. The van der Waals surface area contributed by atoms with E-state index in [1.807, 2.05) is 62.4 Å². The summed E-state index contributed by atoms with van der Waals surface area (Å²) >= 11 is 6.18. The van der Waals surface area contributed by atoms with Crippen LogP contribution in [0.15, 0.2) is 53.5 Å². The summed E-state index contributed by atoms with van der Waals surface area (Å²) in [5, 5.41) is 7.29. The maximum atomic E-state index is 12.0. The van der Waals surface area contributed by atoms with E-state index in [0.29, 0.717) is 19.0 Å². The summed E-state index contributed by atoms with van der Waals surface area (Å²) < 4.78 is 26.6. The number of sulfonamides is 1. The van der Waals surface area contributed by atoms with E-state index in [-0.39, 0.29) is 11.8 Å². The van der Waals surface area contributed by atoms with Crippen molar-refractivity contribution < 1.29 is 8.42 Å². The average Bonchev–Trinajstić information content (AvgIpc) is 2.65. The van der Waals surface area contributed by atoms with E-state index in [1.165, 1.54) is 0 Å². The molecule has 0 aliphatic rings. The first kappa shape index (κ1) is 23.2. The molecule has 2 aromatic rings. The van der Waals surface area contributed by atoms with Crippen molar-refractivity contribution in [2.24, 2.45) is 4.99 Å². The van der Waals surface area contributed by atoms with E-state index in [2.05, 4.69) is 20.3 Å². The van der Waals surface area contributed by atoms with E-state index in [0.717, 1.165) is 28.1 Å². The van der Waals surface area contributed by atoms with Gasteiger partial charge in [0.1, 0.15) is 0 Å². The lowest BCUT2D eigenvalue weighted by Gasteiger charge is -2.13. The van der Waals surface area contributed by atoms with Gasteiger partial charge in [0.15, 0.2) is 5.96 Å². The van der Waals surface area contributed by atoms with E-state index in [1.54, 1.807) is 7.05 Å². The second-order valence-electron chi connectivity index (χ2n) is 7.04. The average molecular weight is 437 g/mol. The molecular formula is C21H29ClN4O2S. The third-order valence-corrected chi connectivity index (χ3v) is 6.04. The summed E-state index contributed by atoms with van der Waals surface area (Å²) in [5.74, 6) is 0.675. The number of halogens is 1. The molecule has 0 aromatic heterocycles. The highest BCUT2D eigenvalue weighted by atomic mass is 35.5. The first-order chi connectivity index (χ1) is 13.8. The molecule has 8 heteroatoms. The lowest BCUT2D eigenvalue weighted by Crippen LogP contribution is -2.37. The monoisotopic (exact) mass is 436 g/mol. The molecule has 29 heavy (non-hydrogen) atoms. The molecule has 0 spiro atoms. The Labute approximate surface area is 178 Å². The number of hydrogen-bond donors (Lipinski definition) is 3. The Kier molecular flexibility index (Phi) is 8.95. The van der Waals surface area contributed by atoms with Crippen molar-refractivity contribution in [3.05, 3.63) is 70.2 Å². The van der Waals surface area contributed by atoms with Crippen molar-refractivity contribution in [2.45, 2.75) is 38.6 Å². The van der Waals surface area contributed by atoms with Crippen molar-refractivity contribution in [1.29, 1.82) is 0 Å². The summed E-state index contributed by atoms with van der Waals surface area (Å²) in [6.45, 7) is 4.91. The number of benzene rings is 2. The van der Waals surface area contributed by atoms with Gasteiger partial charge in [0.05, 0.1) is 5.75 Å². The van der Waals surface area contributed by atoms with Crippen molar-refractivity contribution in [2.75, 3.05) is 13.6 Å². The van der Waals surface area contributed by atoms with Crippen LogP contribution in [0.4, 0.5) is 0 Å². The van der Waals surface area contributed by atoms with Gasteiger partial charge in [-0.25, -0.2) is 13.1 Å². The van der Waals surface area contributed by atoms with Crippen LogP contribution < -0.4 is 15.4 Å². The molecule has 0 heterocycles. The Hall–Kier alpha value is -2.09. The van der Waals surface area contributed by atoms with Crippen molar-refractivity contribution in [1.82, 2.24) is 15.4 Å². The molecular weight excluding hydrogens is 408 g/mol. The van der Waals surface area contributed by atoms with E-state index >= 15 is 0 Å². The highest BCUT2D eigenvalue weighted by Crippen LogP contribution is 2.14. The van der Waals surface area contributed by atoms with Crippen LogP contribution in [-0.4, -0.2) is 34.0 Å². The molecule has 6 nitrogen and oxygen atoms in total. The van der Waals surface area contributed by atoms with Gasteiger partial charge in [-0.3, -0.25) is 4.99 Å². The number of nitrogens with one attached hydrogen (secondary N) is 3. The van der Waals surface area contributed by atoms with Gasteiger partial charge in [0.25, 0.3) is 0 Å². The van der Waals surface area contributed by atoms with Gasteiger partial charge in [0.2, 0.25) is 10.0 Å². The summed E-state index contributed by atoms with van der Waals surface area (Å²) in [6, 6.07) is 15.2. The van der Waals surface area contributed by atoms with Crippen LogP contribution in [0.1, 0.15) is 30.5 Å². The zero-order valence-electron chi connectivity index (χ0n) is 17.1. The Bertz CT molecular complexity index is 913. The van der Waals surface area contributed by atoms with Gasteiger partial charge in [-0.05, 0) is 43.0 Å². The van der Waals surface area contributed by atoms with Crippen LogP contribution >= 0.6 is 11.6 Å². The summed E-state index contributed by atoms with van der Waals surface area (Å²) in [7, 11) is -1.59. The van der Waals surface area contributed by atoms with Gasteiger partial charge in [0, 0.05) is 31.2 Å². The molecule has 0 atom stereocenters. The van der Waals surface area contributed by atoms with Crippen molar-refractivity contribution >= 4 is 27.6 Å². The number of rotatable bonds is 9. The van der Waals surface area contributed by atoms with Crippen LogP contribution in [0.5, 0.6) is 0 Å². The Balaban J connectivity index is 1.81. The summed E-state index contributed by atoms with van der Waals surface area (Å²) in [5.41, 5.74) is 2.88. The molecule has 3 N–H and O–H groups in total. The predicted octanol–water partition coefficient (Wildman–Crippen LogP) is 3.08. The molecule has 0 radical (unpaired) electrons. The third-order valence-electron chi connectivity index (χ3n) is 4.12. The molecule has 158 valence electrons. The Morgan fingerprint density at radius 2 is 1.69 bits per heavy atom. The van der Waals surface area contributed by atoms with E-state index < -0.39 is 10.0 Å². The van der Waals surface area contributed by atoms with Crippen LogP contribution in [0.25, 0.3) is 0 Å². The highest BCUT2D eigenvalue weighted by molar-refractivity contribution is 7.88. The maximum Gasteiger partial charge on any atom is 0.216 e. The minimum atomic E-state index is -3.32. The van der Waals surface area contributed by atoms with Gasteiger partial charge in [-0.2, -0.15) is 0 Å². The zero-order chi connectivity index (χ0) is 21.3. The molecule has 0 aliphatic heterocycles. The fourth-order valence-corrected chi connectivity index (χ4v) is 4.46. The van der Waals surface area contributed by atoms with Crippen molar-refractivity contribution in [3.8, 4) is 0 Å². The molecule has 0 fully saturated rings. The normalized spacial score (nSPS) is 12.2. The Morgan fingerprint density at radius 3 is 2.31 bits per heavy atom. The fraction of sp³-hybridized carbons (Fsp3) is 0.381. The smallest absolute Gasteiger partial charge is 0.216 e.